The Labute approximate surface area is 195 Å². The molecule has 2 aromatic rings. The van der Waals surface area contributed by atoms with Crippen molar-refractivity contribution in [3.8, 4) is 0 Å². The Hall–Kier alpha value is -3.02. The number of carbonyl (C=O) groups excluding carboxylic acids is 2. The highest BCUT2D eigenvalue weighted by molar-refractivity contribution is 5.89. The molecule has 2 heterocycles. The van der Waals surface area contributed by atoms with Gasteiger partial charge in [0.1, 0.15) is 0 Å². The molecule has 6 heteroatoms. The van der Waals surface area contributed by atoms with Crippen LogP contribution in [0.1, 0.15) is 41.4 Å². The van der Waals surface area contributed by atoms with Crippen LogP contribution in [0.4, 0.5) is 17.1 Å². The summed E-state index contributed by atoms with van der Waals surface area (Å²) in [4.78, 5) is 27.6. The number of hydrogen-bond donors (Lipinski definition) is 2. The zero-order valence-corrected chi connectivity index (χ0v) is 18.9. The summed E-state index contributed by atoms with van der Waals surface area (Å²) in [6.07, 6.45) is 2.42. The number of hydrogen-bond acceptors (Lipinski definition) is 4. The third-order valence-electron chi connectivity index (χ3n) is 6.55. The van der Waals surface area contributed by atoms with Crippen molar-refractivity contribution in [2.75, 3.05) is 36.8 Å². The van der Waals surface area contributed by atoms with Crippen molar-refractivity contribution >= 4 is 28.9 Å². The Morgan fingerprint density at radius 1 is 1.16 bits per heavy atom. The Morgan fingerprint density at radius 2 is 1.91 bits per heavy atom. The van der Waals surface area contributed by atoms with Crippen LogP contribution < -0.4 is 15.5 Å². The average molecular weight is 438 g/mol. The van der Waals surface area contributed by atoms with Gasteiger partial charge in [-0.15, -0.1) is 0 Å². The van der Waals surface area contributed by atoms with E-state index in [1.165, 1.54) is 24.1 Å². The fraction of sp³-hybridized carbons (Fsp3) is 0.462. The molecule has 2 saturated heterocycles. The van der Waals surface area contributed by atoms with Crippen LogP contribution in [-0.4, -0.2) is 43.3 Å². The molecule has 2 aliphatic rings. The van der Waals surface area contributed by atoms with E-state index in [0.717, 1.165) is 40.8 Å². The molecule has 0 bridgehead atoms. The minimum atomic E-state index is -2.50. The van der Waals surface area contributed by atoms with Gasteiger partial charge in [-0.05, 0) is 67.1 Å². The Balaban J connectivity index is 1.29. The highest BCUT2D eigenvalue weighted by Gasteiger charge is 2.31. The molecule has 0 radical (unpaired) electrons. The van der Waals surface area contributed by atoms with Gasteiger partial charge in [0.25, 0.3) is 0 Å². The molecule has 2 aromatic carbocycles. The van der Waals surface area contributed by atoms with Gasteiger partial charge in [-0.1, -0.05) is 19.1 Å². The first-order valence-electron chi connectivity index (χ1n) is 12.9. The lowest BCUT2D eigenvalue weighted by Crippen LogP contribution is -2.32. The maximum Gasteiger partial charge on any atom is 0.225 e. The number of anilines is 3. The van der Waals surface area contributed by atoms with Gasteiger partial charge in [0.05, 0.1) is 5.92 Å². The van der Waals surface area contributed by atoms with Crippen LogP contribution in [0.2, 0.25) is 0 Å². The smallest absolute Gasteiger partial charge is 0.225 e. The highest BCUT2D eigenvalue weighted by Crippen LogP contribution is 2.28. The molecule has 4 rings (SSSR count). The molecule has 2 aliphatic heterocycles. The monoisotopic (exact) mass is 437 g/mol. The number of nitrogens with one attached hydrogen (secondary N) is 2. The van der Waals surface area contributed by atoms with E-state index in [9.17, 15) is 9.59 Å². The Bertz CT molecular complexity index is 1060. The summed E-state index contributed by atoms with van der Waals surface area (Å²) in [6, 6.07) is 14.4. The molecule has 0 aliphatic carbocycles. The van der Waals surface area contributed by atoms with Crippen molar-refractivity contribution < 1.29 is 13.7 Å². The number of nitrogens with zero attached hydrogens (tertiary/aromatic N) is 2. The minimum Gasteiger partial charge on any atom is -0.372 e. The van der Waals surface area contributed by atoms with Gasteiger partial charge < -0.3 is 20.4 Å². The lowest BCUT2D eigenvalue weighted by Gasteiger charge is -2.32. The maximum atomic E-state index is 12.5. The topological polar surface area (TPSA) is 64.7 Å². The zero-order chi connectivity index (χ0) is 25.2. The third kappa shape index (κ3) is 5.23. The molecular formula is C26H34N4O2. The van der Waals surface area contributed by atoms with E-state index >= 15 is 0 Å². The van der Waals surface area contributed by atoms with E-state index in [1.807, 2.05) is 24.3 Å². The number of amides is 2. The van der Waals surface area contributed by atoms with E-state index in [-0.39, 0.29) is 18.9 Å². The highest BCUT2D eigenvalue weighted by atomic mass is 16.2. The van der Waals surface area contributed by atoms with Crippen LogP contribution in [0, 0.1) is 18.8 Å². The summed E-state index contributed by atoms with van der Waals surface area (Å²) >= 11 is 0. The fourth-order valence-corrected chi connectivity index (χ4v) is 4.33. The second-order valence-corrected chi connectivity index (χ2v) is 9.11. The number of rotatable bonds is 6. The molecule has 2 N–H and O–H groups in total. The summed E-state index contributed by atoms with van der Waals surface area (Å²) in [6.45, 7) is 4.41. The van der Waals surface area contributed by atoms with E-state index in [2.05, 4.69) is 47.6 Å². The van der Waals surface area contributed by atoms with Gasteiger partial charge in [-0.3, -0.25) is 9.59 Å². The summed E-state index contributed by atoms with van der Waals surface area (Å²) in [7, 11) is 0. The normalized spacial score (nSPS) is 21.1. The van der Waals surface area contributed by atoms with Crippen LogP contribution in [0.5, 0.6) is 0 Å². The van der Waals surface area contributed by atoms with Crippen LogP contribution in [-0.2, 0) is 16.1 Å². The van der Waals surface area contributed by atoms with Crippen LogP contribution in [0.15, 0.2) is 42.5 Å². The second kappa shape index (κ2) is 9.63. The number of benzene rings is 2. The molecule has 2 amide bonds. The van der Waals surface area contributed by atoms with Gasteiger partial charge in [0.2, 0.25) is 11.8 Å². The Morgan fingerprint density at radius 3 is 2.56 bits per heavy atom. The molecule has 170 valence electrons. The van der Waals surface area contributed by atoms with Crippen LogP contribution in [0.3, 0.4) is 0 Å². The first kappa shape index (κ1) is 18.5. The molecule has 0 spiro atoms. The molecule has 0 saturated carbocycles. The quantitative estimate of drug-likeness (QED) is 0.715. The number of likely N-dealkylation sites (tertiary alicyclic amines) is 1. The van der Waals surface area contributed by atoms with Crippen molar-refractivity contribution in [2.24, 2.45) is 11.8 Å². The summed E-state index contributed by atoms with van der Waals surface area (Å²) in [5.74, 6) is -0.632. The lowest BCUT2D eigenvalue weighted by atomic mass is 9.98. The zero-order valence-electron chi connectivity index (χ0n) is 21.9. The van der Waals surface area contributed by atoms with Gasteiger partial charge >= 0.3 is 0 Å². The van der Waals surface area contributed by atoms with E-state index < -0.39 is 18.8 Å². The third-order valence-corrected chi connectivity index (χ3v) is 6.55. The predicted octanol–water partition coefficient (Wildman–Crippen LogP) is 4.07. The molecule has 0 aromatic heterocycles. The molecule has 1 unspecified atom stereocenters. The van der Waals surface area contributed by atoms with E-state index in [4.69, 9.17) is 4.11 Å². The van der Waals surface area contributed by atoms with Crippen molar-refractivity contribution in [1.29, 1.82) is 0 Å². The average Bonchev–Trinajstić information content (AvgIpc) is 3.22. The van der Waals surface area contributed by atoms with Gasteiger partial charge in [0, 0.05) is 60.8 Å². The van der Waals surface area contributed by atoms with Crippen LogP contribution >= 0.6 is 0 Å². The van der Waals surface area contributed by atoms with Gasteiger partial charge in [-0.2, -0.15) is 0 Å². The SMILES string of the molecule is [2H]C([2H])([2H])N1CC(C(=O)NCc2ccc(Nc3ccc(N4CCC(C)CC4)cc3C)cc2)CC1=O. The lowest BCUT2D eigenvalue weighted by molar-refractivity contribution is -0.128. The Kier molecular flexibility index (Phi) is 5.58. The second-order valence-electron chi connectivity index (χ2n) is 9.11. The first-order valence-corrected chi connectivity index (χ1v) is 11.4. The largest absolute Gasteiger partial charge is 0.372 e. The van der Waals surface area contributed by atoms with Gasteiger partial charge in [-0.25, -0.2) is 0 Å². The van der Waals surface area contributed by atoms with Crippen molar-refractivity contribution in [3.05, 3.63) is 53.6 Å². The van der Waals surface area contributed by atoms with Gasteiger partial charge in [0.15, 0.2) is 0 Å². The number of piperidine rings is 1. The molecule has 6 nitrogen and oxygen atoms in total. The summed E-state index contributed by atoms with van der Waals surface area (Å²) in [5.41, 5.74) is 5.40. The number of carbonyl (C=O) groups is 2. The molecule has 2 fully saturated rings. The summed E-state index contributed by atoms with van der Waals surface area (Å²) in [5, 5.41) is 6.29. The first-order chi connectivity index (χ1) is 16.6. The predicted molar refractivity (Wildman–Crippen MR) is 129 cm³/mol. The number of aryl methyl sites for hydroxylation is 1. The minimum absolute atomic E-state index is 0.0674. The van der Waals surface area contributed by atoms with Crippen molar-refractivity contribution in [2.45, 2.75) is 39.7 Å². The maximum absolute atomic E-state index is 12.5. The van der Waals surface area contributed by atoms with E-state index in [0.29, 0.717) is 6.54 Å². The molecule has 1 atom stereocenters. The molecule has 32 heavy (non-hydrogen) atoms. The van der Waals surface area contributed by atoms with E-state index in [1.54, 1.807) is 0 Å². The summed E-state index contributed by atoms with van der Waals surface area (Å²) < 4.78 is 22.2. The van der Waals surface area contributed by atoms with Crippen LogP contribution in [0.25, 0.3) is 0 Å². The standard InChI is InChI=1S/C26H34N4O2/c1-18-10-12-30(13-11-18)23-8-9-24(19(2)14-23)28-22-6-4-20(5-7-22)16-27-26(32)21-15-25(31)29(3)17-21/h4-9,14,18,21,28H,10-13,15-17H2,1-3H3,(H,27,32)/i3D3. The van der Waals surface area contributed by atoms with Crippen molar-refractivity contribution in [1.82, 2.24) is 10.2 Å². The van der Waals surface area contributed by atoms with Crippen molar-refractivity contribution in [3.63, 3.8) is 0 Å². The molecular weight excluding hydrogens is 400 g/mol. The fourth-order valence-electron chi connectivity index (χ4n) is 4.33.